The molecule has 9 amide bonds. The van der Waals surface area contributed by atoms with E-state index in [0.29, 0.717) is 66.4 Å². The van der Waals surface area contributed by atoms with Crippen LogP contribution in [0.25, 0.3) is 72.7 Å². The van der Waals surface area contributed by atoms with Gasteiger partial charge in [0.05, 0.1) is 11.9 Å². The number of carbonyl (C=O) groups excluding carboxylic acids is 9. The molecule has 24 nitrogen and oxygen atoms in total. The molecule has 0 bridgehead atoms. The Balaban J connectivity index is 0.555. The number of hydrogen-bond acceptors (Lipinski definition) is 15. The molecule has 6 aliphatic rings. The summed E-state index contributed by atoms with van der Waals surface area (Å²) in [7, 11) is 0. The van der Waals surface area contributed by atoms with Crippen LogP contribution < -0.4 is 31.9 Å². The first-order chi connectivity index (χ1) is 54.7. The number of benzene rings is 6. The number of imide groups is 3. The Hall–Kier alpha value is -12.6. The molecule has 113 heavy (non-hydrogen) atoms. The van der Waals surface area contributed by atoms with Crippen LogP contribution in [0.2, 0.25) is 5.02 Å². The van der Waals surface area contributed by atoms with Gasteiger partial charge in [0.2, 0.25) is 35.4 Å². The number of amides is 9. The second-order valence-corrected chi connectivity index (χ2v) is 31.2. The van der Waals surface area contributed by atoms with E-state index in [9.17, 15) is 43.2 Å². The number of pyridine rings is 3. The van der Waals surface area contributed by atoms with Crippen LogP contribution in [-0.4, -0.2) is 121 Å². The topological polar surface area (TPSA) is 287 Å². The lowest BCUT2D eigenvalue weighted by atomic mass is 9.92. The maximum absolute atomic E-state index is 14.0. The van der Waals surface area contributed by atoms with Crippen molar-refractivity contribution >= 4 is 81.7 Å². The first-order valence-electron chi connectivity index (χ1n) is 38.1. The van der Waals surface area contributed by atoms with Crippen LogP contribution in [0.1, 0.15) is 146 Å². The summed E-state index contributed by atoms with van der Waals surface area (Å²) in [6.45, 7) is 9.45. The largest absolute Gasteiger partial charge is 0.322 e. The number of nitrogens with zero attached hydrogens (tertiary/aromatic N) is 9. The van der Waals surface area contributed by atoms with E-state index < -0.39 is 41.4 Å². The summed E-state index contributed by atoms with van der Waals surface area (Å²) in [6.07, 6.45) is 17.6. The van der Waals surface area contributed by atoms with Crippen molar-refractivity contribution in [3.05, 3.63) is 261 Å². The number of halogens is 1. The van der Waals surface area contributed by atoms with Gasteiger partial charge in [-0.15, -0.1) is 0 Å². The molecule has 0 aliphatic carbocycles. The zero-order valence-electron chi connectivity index (χ0n) is 62.2. The standard InChI is InChI=1S/C88H78ClN15O9/c1-49(53-7-9-54(10-8-53)56-12-11-55(71(89)38-56)25-26-90-39-50-31-68(79-91-27-29-99(79)43-50)57-13-16-65-61(34-57)46-102(85(65)111)72-19-22-76(105)96-82(72)108)93-40-51-32-70(59-15-18-67-63(36-59)48-104(87(67)113)74-21-24-78(107)98-84(74)110)81-94-42-75(101(81)45-51)60-5-4-6-64(37-60)88(2,3)95-41-52-33-69(80-92-28-30-100(80)44-52)58-14-17-66-62(35-58)47-103(86(66)112)73-20-23-77(106)97-83(73)109/h4-18,27-38,42-45,49,72-74,90,93,95H,19-26,39-41,46-48H2,1-3H3,(H,96,105,108)(H,97,106,109)(H,98,107,110). The SMILES string of the molecule is CC(NCc1cc(-c2ccc3c(c2)CN(C2CCC(=O)NC2=O)C3=O)c2ncc(-c3cccc(C(C)(C)NCc4cc(-c5ccc6c(c5)CN(C5CCC(=O)NC5=O)C6=O)c5nccn5c4)c3)n2c1)c1ccc(-c2ccc(CCNCc3cc(-c4ccc5c(c4)CN(C4CCC(=O)NC4=O)C5=O)c4nccn4c3)c(Cl)c2)cc1. The number of imidazole rings is 3. The molecule has 6 aliphatic heterocycles. The number of aromatic nitrogens is 6. The van der Waals surface area contributed by atoms with E-state index in [1.807, 2.05) is 88.1 Å². The quantitative estimate of drug-likeness (QED) is 0.0288. The highest BCUT2D eigenvalue weighted by atomic mass is 35.5. The highest BCUT2D eigenvalue weighted by Gasteiger charge is 2.43. The molecular weight excluding hydrogens is 1450 g/mol. The van der Waals surface area contributed by atoms with Crippen LogP contribution in [-0.2, 0) is 80.0 Å². The fourth-order valence-corrected chi connectivity index (χ4v) is 17.2. The maximum Gasteiger partial charge on any atom is 0.255 e. The molecule has 4 atom stereocenters. The Kier molecular flexibility index (Phi) is 18.4. The van der Waals surface area contributed by atoms with Gasteiger partial charge in [0.25, 0.3) is 17.7 Å². The van der Waals surface area contributed by atoms with Gasteiger partial charge in [0.15, 0.2) is 0 Å². The molecule has 6 aromatic heterocycles. The molecule has 4 unspecified atom stereocenters. The normalized spacial score (nSPS) is 18.1. The molecule has 12 aromatic rings. The van der Waals surface area contributed by atoms with E-state index in [4.69, 9.17) is 21.6 Å². The van der Waals surface area contributed by atoms with Crippen molar-refractivity contribution in [2.24, 2.45) is 0 Å². The highest BCUT2D eigenvalue weighted by Crippen LogP contribution is 2.40. The number of nitrogens with one attached hydrogen (secondary N) is 6. The lowest BCUT2D eigenvalue weighted by Crippen LogP contribution is -2.52. The average molecular weight is 1530 g/mol. The number of carbonyl (C=O) groups is 9. The van der Waals surface area contributed by atoms with E-state index in [0.717, 1.165) is 117 Å². The van der Waals surface area contributed by atoms with Crippen LogP contribution in [0, 0.1) is 0 Å². The Morgan fingerprint density at radius 2 is 0.965 bits per heavy atom. The molecule has 3 saturated heterocycles. The molecule has 6 N–H and O–H groups in total. The lowest BCUT2D eigenvalue weighted by Gasteiger charge is -2.29. The number of hydrogen-bond donors (Lipinski definition) is 6. The fraction of sp³-hybridized carbons (Fsp3) is 0.250. The first kappa shape index (κ1) is 72.0. The minimum Gasteiger partial charge on any atom is -0.322 e. The van der Waals surface area contributed by atoms with E-state index >= 15 is 0 Å². The van der Waals surface area contributed by atoms with E-state index in [-0.39, 0.29) is 93.2 Å². The van der Waals surface area contributed by atoms with Crippen molar-refractivity contribution in [3.63, 3.8) is 0 Å². The zero-order valence-corrected chi connectivity index (χ0v) is 62.9. The van der Waals surface area contributed by atoms with Crippen LogP contribution in [0.3, 0.4) is 0 Å². The number of fused-ring (bicyclic) bond motifs is 6. The zero-order chi connectivity index (χ0) is 77.7. The molecule has 566 valence electrons. The van der Waals surface area contributed by atoms with Gasteiger partial charge >= 0.3 is 0 Å². The van der Waals surface area contributed by atoms with Crippen LogP contribution in [0.4, 0.5) is 0 Å². The Morgan fingerprint density at radius 1 is 0.487 bits per heavy atom. The van der Waals surface area contributed by atoms with Crippen LogP contribution >= 0.6 is 11.6 Å². The smallest absolute Gasteiger partial charge is 0.255 e. The molecule has 18 rings (SSSR count). The minimum atomic E-state index is -0.750. The molecule has 0 spiro atoms. The van der Waals surface area contributed by atoms with Gasteiger partial charge in [-0.2, -0.15) is 0 Å². The van der Waals surface area contributed by atoms with E-state index in [2.05, 4.69) is 160 Å². The summed E-state index contributed by atoms with van der Waals surface area (Å²) in [4.78, 5) is 135. The predicted octanol–water partition coefficient (Wildman–Crippen LogP) is 11.1. The first-order valence-corrected chi connectivity index (χ1v) is 38.5. The lowest BCUT2D eigenvalue weighted by molar-refractivity contribution is -0.138. The third kappa shape index (κ3) is 13.6. The monoisotopic (exact) mass is 1520 g/mol. The maximum atomic E-state index is 14.0. The molecule has 25 heteroatoms. The third-order valence-corrected chi connectivity index (χ3v) is 23.5. The van der Waals surface area contributed by atoms with Crippen molar-refractivity contribution in [1.82, 2.24) is 74.8 Å². The van der Waals surface area contributed by atoms with Crippen LogP contribution in [0.15, 0.2) is 189 Å². The Labute approximate surface area is 654 Å². The van der Waals surface area contributed by atoms with Gasteiger partial charge in [-0.05, 0) is 198 Å². The van der Waals surface area contributed by atoms with E-state index in [1.54, 1.807) is 27.1 Å². The van der Waals surface area contributed by atoms with Gasteiger partial charge in [0, 0.05) is 157 Å². The summed E-state index contributed by atoms with van der Waals surface area (Å²) >= 11 is 7.06. The Morgan fingerprint density at radius 3 is 1.47 bits per heavy atom. The van der Waals surface area contributed by atoms with Gasteiger partial charge in [-0.1, -0.05) is 84.4 Å². The van der Waals surface area contributed by atoms with Gasteiger partial charge in [-0.3, -0.25) is 63.5 Å². The van der Waals surface area contributed by atoms with Crippen molar-refractivity contribution in [3.8, 4) is 55.8 Å². The summed E-state index contributed by atoms with van der Waals surface area (Å²) in [5, 5.41) is 19.1. The summed E-state index contributed by atoms with van der Waals surface area (Å²) in [5.74, 6) is -3.03. The second-order valence-electron chi connectivity index (χ2n) is 30.8. The highest BCUT2D eigenvalue weighted by molar-refractivity contribution is 6.31. The average Bonchev–Trinajstić information content (AvgIpc) is 1.62. The number of piperidine rings is 3. The van der Waals surface area contributed by atoms with E-state index in [1.165, 1.54) is 0 Å². The molecular formula is C88H78ClN15O9. The van der Waals surface area contributed by atoms with Gasteiger partial charge in [0.1, 0.15) is 35.1 Å². The van der Waals surface area contributed by atoms with Crippen LogP contribution in [0.5, 0.6) is 0 Å². The van der Waals surface area contributed by atoms with Crippen molar-refractivity contribution in [2.75, 3.05) is 6.54 Å². The Bertz CT molecular complexity index is 6040. The molecule has 12 heterocycles. The predicted molar refractivity (Wildman–Crippen MR) is 423 cm³/mol. The third-order valence-electron chi connectivity index (χ3n) is 23.2. The molecule has 6 aromatic carbocycles. The minimum absolute atomic E-state index is 0.0710. The van der Waals surface area contributed by atoms with Crippen molar-refractivity contribution < 1.29 is 43.2 Å². The summed E-state index contributed by atoms with van der Waals surface area (Å²) in [6, 6.07) is 44.7. The van der Waals surface area contributed by atoms with Gasteiger partial charge < -0.3 is 39.5 Å². The molecule has 0 saturated carbocycles. The number of rotatable bonds is 21. The summed E-state index contributed by atoms with van der Waals surface area (Å²) < 4.78 is 6.15. The van der Waals surface area contributed by atoms with Crippen molar-refractivity contribution in [2.45, 2.75) is 135 Å². The van der Waals surface area contributed by atoms with Crippen molar-refractivity contribution in [1.29, 1.82) is 0 Å². The molecule has 3 fully saturated rings. The fourth-order valence-electron chi connectivity index (χ4n) is 16.9. The second kappa shape index (κ2) is 28.9. The van der Waals surface area contributed by atoms with Gasteiger partial charge in [-0.25, -0.2) is 15.0 Å². The summed E-state index contributed by atoms with van der Waals surface area (Å²) in [5.41, 5.74) is 21.1. The molecule has 0 radical (unpaired) electrons.